The summed E-state index contributed by atoms with van der Waals surface area (Å²) in [4.78, 5) is 21.2. The van der Waals surface area contributed by atoms with E-state index in [-0.39, 0.29) is 11.5 Å². The Bertz CT molecular complexity index is 867. The Balaban J connectivity index is 1.92. The Kier molecular flexibility index (Phi) is 3.94. The molecule has 3 rings (SSSR count). The van der Waals surface area contributed by atoms with Crippen molar-refractivity contribution in [2.75, 3.05) is 0 Å². The second-order valence-corrected chi connectivity index (χ2v) is 5.21. The van der Waals surface area contributed by atoms with Gasteiger partial charge in [0.2, 0.25) is 0 Å². The molecular formula is C15H10ClN3O4. The number of aromatic nitrogens is 2. The zero-order valence-corrected chi connectivity index (χ0v) is 12.4. The molecule has 0 aliphatic rings. The van der Waals surface area contributed by atoms with Crippen molar-refractivity contribution in [3.8, 4) is 11.5 Å². The van der Waals surface area contributed by atoms with Gasteiger partial charge in [0, 0.05) is 11.2 Å². The third kappa shape index (κ3) is 3.14. The molecule has 0 saturated heterocycles. The fourth-order valence-corrected chi connectivity index (χ4v) is 2.25. The number of rotatable bonds is 5. The highest BCUT2D eigenvalue weighted by Gasteiger charge is 2.18. The molecule has 0 radical (unpaired) electrons. The molecule has 2 heterocycles. The predicted octanol–water partition coefficient (Wildman–Crippen LogP) is 3.57. The average Bonchev–Trinajstić information content (AvgIpc) is 3.16. The SMILES string of the molecule is O=Cc1cn(Cc2ccc(Cl)cc2)nc1-c1ccc([N+](=O)[O-])o1. The standard InChI is InChI=1S/C15H10ClN3O4/c16-12-3-1-10(2-4-12)7-18-8-11(9-20)15(17-18)13-5-6-14(23-13)19(21)22/h1-6,8-9H,7H2. The van der Waals surface area contributed by atoms with Gasteiger partial charge in [0.15, 0.2) is 12.0 Å². The number of aldehydes is 1. The number of nitro groups is 1. The summed E-state index contributed by atoms with van der Waals surface area (Å²) in [6.07, 6.45) is 2.19. The molecule has 0 aliphatic heterocycles. The van der Waals surface area contributed by atoms with Gasteiger partial charge >= 0.3 is 5.88 Å². The molecule has 0 saturated carbocycles. The number of halogens is 1. The second-order valence-electron chi connectivity index (χ2n) is 4.77. The van der Waals surface area contributed by atoms with Gasteiger partial charge in [-0.15, -0.1) is 0 Å². The molecule has 0 aliphatic carbocycles. The molecule has 0 amide bonds. The van der Waals surface area contributed by atoms with Crippen LogP contribution in [0.15, 0.2) is 47.0 Å². The van der Waals surface area contributed by atoms with Crippen molar-refractivity contribution in [1.82, 2.24) is 9.78 Å². The Morgan fingerprint density at radius 1 is 1.26 bits per heavy atom. The van der Waals surface area contributed by atoms with E-state index in [1.165, 1.54) is 12.1 Å². The van der Waals surface area contributed by atoms with E-state index in [2.05, 4.69) is 5.10 Å². The van der Waals surface area contributed by atoms with E-state index < -0.39 is 10.8 Å². The molecule has 8 heteroatoms. The average molecular weight is 332 g/mol. The molecule has 0 fully saturated rings. The number of furan rings is 1. The lowest BCUT2D eigenvalue weighted by Gasteiger charge is -2.01. The van der Waals surface area contributed by atoms with Gasteiger partial charge in [0.25, 0.3) is 0 Å². The van der Waals surface area contributed by atoms with Crippen LogP contribution in [0.4, 0.5) is 5.88 Å². The summed E-state index contributed by atoms with van der Waals surface area (Å²) >= 11 is 5.84. The molecule has 2 aromatic heterocycles. The van der Waals surface area contributed by atoms with E-state index >= 15 is 0 Å². The van der Waals surface area contributed by atoms with Crippen molar-refractivity contribution in [2.45, 2.75) is 6.54 Å². The lowest BCUT2D eigenvalue weighted by molar-refractivity contribution is -0.401. The number of nitrogens with zero attached hydrogens (tertiary/aromatic N) is 3. The van der Waals surface area contributed by atoms with E-state index in [1.54, 1.807) is 23.0 Å². The van der Waals surface area contributed by atoms with Gasteiger partial charge in [-0.2, -0.15) is 5.10 Å². The van der Waals surface area contributed by atoms with Crippen LogP contribution in [-0.4, -0.2) is 21.0 Å². The summed E-state index contributed by atoms with van der Waals surface area (Å²) in [6, 6.07) is 9.86. The first-order valence-electron chi connectivity index (χ1n) is 6.58. The summed E-state index contributed by atoms with van der Waals surface area (Å²) in [5, 5.41) is 15.6. The zero-order valence-electron chi connectivity index (χ0n) is 11.7. The minimum atomic E-state index is -0.644. The van der Waals surface area contributed by atoms with Crippen LogP contribution >= 0.6 is 11.6 Å². The highest BCUT2D eigenvalue weighted by Crippen LogP contribution is 2.27. The first-order valence-corrected chi connectivity index (χ1v) is 6.96. The van der Waals surface area contributed by atoms with E-state index in [9.17, 15) is 14.9 Å². The van der Waals surface area contributed by atoms with Gasteiger partial charge in [-0.25, -0.2) is 0 Å². The van der Waals surface area contributed by atoms with Crippen LogP contribution in [0.1, 0.15) is 15.9 Å². The summed E-state index contributed by atoms with van der Waals surface area (Å²) in [6.45, 7) is 0.431. The molecular weight excluding hydrogens is 322 g/mol. The zero-order chi connectivity index (χ0) is 16.4. The lowest BCUT2D eigenvalue weighted by Crippen LogP contribution is -2.00. The molecule has 0 spiro atoms. The van der Waals surface area contributed by atoms with E-state index in [0.717, 1.165) is 5.56 Å². The Hall–Kier alpha value is -2.93. The minimum Gasteiger partial charge on any atom is -0.399 e. The maximum Gasteiger partial charge on any atom is 0.433 e. The van der Waals surface area contributed by atoms with Crippen molar-refractivity contribution < 1.29 is 14.1 Å². The van der Waals surface area contributed by atoms with Crippen LogP contribution in [0.3, 0.4) is 0 Å². The number of carbonyl (C=O) groups is 1. The van der Waals surface area contributed by atoms with Crippen LogP contribution in [0, 0.1) is 10.1 Å². The van der Waals surface area contributed by atoms with Gasteiger partial charge in [0.1, 0.15) is 10.6 Å². The minimum absolute atomic E-state index is 0.175. The van der Waals surface area contributed by atoms with Gasteiger partial charge < -0.3 is 4.42 Å². The molecule has 116 valence electrons. The molecule has 23 heavy (non-hydrogen) atoms. The first-order chi connectivity index (χ1) is 11.1. The molecule has 0 N–H and O–H groups in total. The normalized spacial score (nSPS) is 10.7. The molecule has 0 bridgehead atoms. The number of benzene rings is 1. The van der Waals surface area contributed by atoms with Crippen molar-refractivity contribution in [2.24, 2.45) is 0 Å². The highest BCUT2D eigenvalue weighted by molar-refractivity contribution is 6.30. The molecule has 3 aromatic rings. The third-order valence-corrected chi connectivity index (χ3v) is 3.43. The number of hydrogen-bond acceptors (Lipinski definition) is 5. The summed E-state index contributed by atoms with van der Waals surface area (Å²) in [5.41, 5.74) is 1.51. The van der Waals surface area contributed by atoms with Crippen molar-refractivity contribution in [3.05, 3.63) is 68.9 Å². The monoisotopic (exact) mass is 331 g/mol. The Morgan fingerprint density at radius 3 is 2.61 bits per heavy atom. The number of carbonyl (C=O) groups excluding carboxylic acids is 1. The second kappa shape index (κ2) is 6.05. The maximum atomic E-state index is 11.2. The van der Waals surface area contributed by atoms with Gasteiger partial charge in [-0.1, -0.05) is 23.7 Å². The van der Waals surface area contributed by atoms with E-state index in [1.807, 2.05) is 12.1 Å². The molecule has 1 aromatic carbocycles. The van der Waals surface area contributed by atoms with E-state index in [4.69, 9.17) is 16.0 Å². The van der Waals surface area contributed by atoms with Crippen molar-refractivity contribution in [1.29, 1.82) is 0 Å². The third-order valence-electron chi connectivity index (χ3n) is 3.18. The molecule has 0 unspecified atom stereocenters. The molecule has 7 nitrogen and oxygen atoms in total. The summed E-state index contributed by atoms with van der Waals surface area (Å²) in [5.74, 6) is -0.224. The van der Waals surface area contributed by atoms with Crippen LogP contribution in [0.2, 0.25) is 5.02 Å². The van der Waals surface area contributed by atoms with Gasteiger partial charge in [-0.3, -0.25) is 19.6 Å². The van der Waals surface area contributed by atoms with Gasteiger partial charge in [0.05, 0.1) is 18.2 Å². The quantitative estimate of drug-likeness (QED) is 0.405. The lowest BCUT2D eigenvalue weighted by atomic mass is 10.2. The number of hydrogen-bond donors (Lipinski definition) is 0. The van der Waals surface area contributed by atoms with Crippen molar-refractivity contribution in [3.63, 3.8) is 0 Å². The molecule has 0 atom stereocenters. The first kappa shape index (κ1) is 15.0. The van der Waals surface area contributed by atoms with Crippen LogP contribution in [0.25, 0.3) is 11.5 Å². The highest BCUT2D eigenvalue weighted by atomic mass is 35.5. The topological polar surface area (TPSA) is 91.2 Å². The fourth-order valence-electron chi connectivity index (χ4n) is 2.13. The summed E-state index contributed by atoms with van der Waals surface area (Å²) < 4.78 is 6.67. The Labute approximate surface area is 135 Å². The summed E-state index contributed by atoms with van der Waals surface area (Å²) in [7, 11) is 0. The fraction of sp³-hybridized carbons (Fsp3) is 0.0667. The van der Waals surface area contributed by atoms with Crippen LogP contribution in [0.5, 0.6) is 0 Å². The smallest absolute Gasteiger partial charge is 0.399 e. The van der Waals surface area contributed by atoms with Crippen molar-refractivity contribution >= 4 is 23.8 Å². The largest absolute Gasteiger partial charge is 0.433 e. The van der Waals surface area contributed by atoms with Crippen LogP contribution in [-0.2, 0) is 6.54 Å². The van der Waals surface area contributed by atoms with Gasteiger partial charge in [-0.05, 0) is 23.8 Å². The maximum absolute atomic E-state index is 11.2. The van der Waals surface area contributed by atoms with Crippen LogP contribution < -0.4 is 0 Å². The Morgan fingerprint density at radius 2 is 2.00 bits per heavy atom. The predicted molar refractivity (Wildman–Crippen MR) is 82.5 cm³/mol. The van der Waals surface area contributed by atoms with E-state index in [0.29, 0.717) is 23.4 Å².